The summed E-state index contributed by atoms with van der Waals surface area (Å²) < 4.78 is 0. The number of hydrogen-bond donors (Lipinski definition) is 1. The van der Waals surface area contributed by atoms with E-state index in [0.29, 0.717) is 0 Å². The highest BCUT2D eigenvalue weighted by atomic mass is 16.2. The van der Waals surface area contributed by atoms with Crippen LogP contribution in [0.2, 0.25) is 0 Å². The van der Waals surface area contributed by atoms with Crippen molar-refractivity contribution in [3.63, 3.8) is 0 Å². The fourth-order valence-corrected chi connectivity index (χ4v) is 3.09. The topological polar surface area (TPSA) is 51.2 Å². The average molecular weight is 360 g/mol. The second-order valence-corrected chi connectivity index (χ2v) is 6.89. The van der Waals surface area contributed by atoms with Crippen molar-refractivity contribution >= 4 is 17.6 Å². The first-order valence-corrected chi connectivity index (χ1v) is 9.56. The third-order valence-electron chi connectivity index (χ3n) is 4.70. The van der Waals surface area contributed by atoms with E-state index in [9.17, 15) is 4.79 Å². The number of guanidine groups is 1. The molecular formula is C20H33N5O. The molecule has 0 atom stereocenters. The van der Waals surface area contributed by atoms with Gasteiger partial charge in [-0.15, -0.1) is 0 Å². The Morgan fingerprint density at radius 1 is 1.12 bits per heavy atom. The van der Waals surface area contributed by atoms with Gasteiger partial charge in [-0.3, -0.25) is 9.79 Å². The molecule has 0 saturated carbocycles. The Balaban J connectivity index is 1.82. The summed E-state index contributed by atoms with van der Waals surface area (Å²) in [4.78, 5) is 22.5. The van der Waals surface area contributed by atoms with Crippen LogP contribution in [0.1, 0.15) is 25.8 Å². The Kier molecular flexibility index (Phi) is 7.75. The van der Waals surface area contributed by atoms with Crippen LogP contribution in [-0.4, -0.2) is 75.0 Å². The van der Waals surface area contributed by atoms with Crippen molar-refractivity contribution in [3.05, 3.63) is 29.8 Å². The fraction of sp³-hybridized carbons (Fsp3) is 0.600. The van der Waals surface area contributed by atoms with E-state index >= 15 is 0 Å². The third-order valence-corrected chi connectivity index (χ3v) is 4.70. The molecule has 1 aromatic rings. The first-order valence-electron chi connectivity index (χ1n) is 9.56. The van der Waals surface area contributed by atoms with Gasteiger partial charge >= 0.3 is 0 Å². The highest BCUT2D eigenvalue weighted by Crippen LogP contribution is 2.13. The lowest BCUT2D eigenvalue weighted by Crippen LogP contribution is -2.53. The quantitative estimate of drug-likeness (QED) is 0.478. The van der Waals surface area contributed by atoms with Crippen LogP contribution in [-0.2, 0) is 11.2 Å². The summed E-state index contributed by atoms with van der Waals surface area (Å²) in [6.07, 6.45) is 2.07. The Morgan fingerprint density at radius 2 is 1.73 bits per heavy atom. The van der Waals surface area contributed by atoms with Crippen LogP contribution in [0.3, 0.4) is 0 Å². The third kappa shape index (κ3) is 5.93. The van der Waals surface area contributed by atoms with Crippen LogP contribution in [0.5, 0.6) is 0 Å². The lowest BCUT2D eigenvalue weighted by Gasteiger charge is -2.36. The molecule has 1 heterocycles. The van der Waals surface area contributed by atoms with Crippen LogP contribution in [0.4, 0.5) is 5.69 Å². The molecule has 0 aromatic heterocycles. The minimum atomic E-state index is 0.159. The van der Waals surface area contributed by atoms with Crippen LogP contribution in [0.15, 0.2) is 29.3 Å². The molecule has 1 aliphatic heterocycles. The number of aryl methyl sites for hydroxylation is 1. The van der Waals surface area contributed by atoms with Gasteiger partial charge in [0.15, 0.2) is 5.96 Å². The van der Waals surface area contributed by atoms with E-state index in [1.54, 1.807) is 6.92 Å². The molecule has 1 aromatic carbocycles. The maximum Gasteiger partial charge on any atom is 0.219 e. The van der Waals surface area contributed by atoms with Crippen LogP contribution in [0.25, 0.3) is 0 Å². The minimum Gasteiger partial charge on any atom is -0.378 e. The van der Waals surface area contributed by atoms with Gasteiger partial charge in [-0.05, 0) is 37.5 Å². The van der Waals surface area contributed by atoms with Crippen LogP contribution in [0, 0.1) is 0 Å². The van der Waals surface area contributed by atoms with Crippen molar-refractivity contribution in [2.24, 2.45) is 4.99 Å². The van der Waals surface area contributed by atoms with E-state index in [4.69, 9.17) is 4.99 Å². The van der Waals surface area contributed by atoms with Crippen molar-refractivity contribution in [1.82, 2.24) is 15.1 Å². The molecule has 144 valence electrons. The first kappa shape index (κ1) is 20.1. The molecule has 1 amide bonds. The molecule has 0 spiro atoms. The normalized spacial score (nSPS) is 15.2. The molecule has 0 bridgehead atoms. The lowest BCUT2D eigenvalue weighted by molar-refractivity contribution is -0.130. The molecule has 1 aliphatic rings. The molecule has 0 radical (unpaired) electrons. The van der Waals surface area contributed by atoms with Gasteiger partial charge in [0.2, 0.25) is 5.91 Å². The summed E-state index contributed by atoms with van der Waals surface area (Å²) >= 11 is 0. The minimum absolute atomic E-state index is 0.159. The van der Waals surface area contributed by atoms with E-state index in [1.165, 1.54) is 11.3 Å². The van der Waals surface area contributed by atoms with Gasteiger partial charge in [-0.2, -0.15) is 0 Å². The average Bonchev–Trinajstić information content (AvgIpc) is 2.64. The Labute approximate surface area is 157 Å². The van der Waals surface area contributed by atoms with Gasteiger partial charge < -0.3 is 20.0 Å². The summed E-state index contributed by atoms with van der Waals surface area (Å²) in [5.74, 6) is 1.13. The number of carbonyl (C=O) groups is 1. The number of carbonyl (C=O) groups excluding carboxylic acids is 1. The number of nitrogens with zero attached hydrogens (tertiary/aromatic N) is 4. The number of rotatable bonds is 6. The second kappa shape index (κ2) is 10.0. The monoisotopic (exact) mass is 359 g/mol. The molecule has 0 aliphatic carbocycles. The van der Waals surface area contributed by atoms with Crippen molar-refractivity contribution in [1.29, 1.82) is 0 Å². The maximum absolute atomic E-state index is 11.5. The molecule has 6 nitrogen and oxygen atoms in total. The maximum atomic E-state index is 11.5. The summed E-state index contributed by atoms with van der Waals surface area (Å²) in [5, 5.41) is 3.38. The largest absolute Gasteiger partial charge is 0.378 e. The van der Waals surface area contributed by atoms with Crippen molar-refractivity contribution < 1.29 is 4.79 Å². The molecule has 1 fully saturated rings. The number of hydrogen-bond acceptors (Lipinski definition) is 3. The predicted octanol–water partition coefficient (Wildman–Crippen LogP) is 1.81. The van der Waals surface area contributed by atoms with E-state index in [0.717, 1.165) is 58.1 Å². The molecular weight excluding hydrogens is 326 g/mol. The summed E-state index contributed by atoms with van der Waals surface area (Å²) in [5.41, 5.74) is 2.58. The standard InChI is InChI=1S/C20H33N5O/c1-5-21-20(25-15-13-24(14-16-25)17(2)26)22-12-6-7-18-8-10-19(11-9-18)23(3)4/h8-11H,5-7,12-16H2,1-4H3,(H,21,22). The van der Waals surface area contributed by atoms with Crippen molar-refractivity contribution in [2.45, 2.75) is 26.7 Å². The Hall–Kier alpha value is -2.24. The number of nitrogens with one attached hydrogen (secondary N) is 1. The van der Waals surface area contributed by atoms with Crippen molar-refractivity contribution in [2.75, 3.05) is 58.3 Å². The molecule has 6 heteroatoms. The fourth-order valence-electron chi connectivity index (χ4n) is 3.09. The smallest absolute Gasteiger partial charge is 0.219 e. The number of anilines is 1. The highest BCUT2D eigenvalue weighted by Gasteiger charge is 2.20. The summed E-state index contributed by atoms with van der Waals surface area (Å²) in [7, 11) is 4.12. The number of piperazine rings is 1. The summed E-state index contributed by atoms with van der Waals surface area (Å²) in [6.45, 7) is 8.64. The highest BCUT2D eigenvalue weighted by molar-refractivity contribution is 5.80. The Morgan fingerprint density at radius 3 is 2.27 bits per heavy atom. The van der Waals surface area contributed by atoms with Gasteiger partial charge in [0, 0.05) is 66.0 Å². The number of aliphatic imine (C=N–C) groups is 1. The van der Waals surface area contributed by atoms with E-state index in [2.05, 4.69) is 60.4 Å². The van der Waals surface area contributed by atoms with E-state index < -0.39 is 0 Å². The lowest BCUT2D eigenvalue weighted by atomic mass is 10.1. The molecule has 1 saturated heterocycles. The molecule has 1 N–H and O–H groups in total. The summed E-state index contributed by atoms with van der Waals surface area (Å²) in [6, 6.07) is 8.73. The predicted molar refractivity (Wildman–Crippen MR) is 109 cm³/mol. The van der Waals surface area contributed by atoms with Crippen molar-refractivity contribution in [3.8, 4) is 0 Å². The number of amides is 1. The van der Waals surface area contributed by atoms with E-state index in [-0.39, 0.29) is 5.91 Å². The zero-order chi connectivity index (χ0) is 18.9. The second-order valence-electron chi connectivity index (χ2n) is 6.89. The Bertz CT molecular complexity index is 589. The van der Waals surface area contributed by atoms with Gasteiger partial charge in [-0.1, -0.05) is 12.1 Å². The van der Waals surface area contributed by atoms with Gasteiger partial charge in [0.25, 0.3) is 0 Å². The zero-order valence-corrected chi connectivity index (χ0v) is 16.7. The number of benzene rings is 1. The van der Waals surface area contributed by atoms with Gasteiger partial charge in [0.05, 0.1) is 0 Å². The van der Waals surface area contributed by atoms with Crippen LogP contribution >= 0.6 is 0 Å². The first-order chi connectivity index (χ1) is 12.5. The van der Waals surface area contributed by atoms with E-state index in [1.807, 2.05) is 4.90 Å². The SMILES string of the molecule is CCNC(=NCCCc1ccc(N(C)C)cc1)N1CCN(C(C)=O)CC1. The molecule has 26 heavy (non-hydrogen) atoms. The molecule has 2 rings (SSSR count). The zero-order valence-electron chi connectivity index (χ0n) is 16.7. The van der Waals surface area contributed by atoms with Gasteiger partial charge in [0.1, 0.15) is 0 Å². The van der Waals surface area contributed by atoms with Gasteiger partial charge in [-0.25, -0.2) is 0 Å². The molecule has 0 unspecified atom stereocenters. The van der Waals surface area contributed by atoms with Crippen LogP contribution < -0.4 is 10.2 Å².